The highest BCUT2D eigenvalue weighted by Gasteiger charge is 2.41. The van der Waals surface area contributed by atoms with Gasteiger partial charge in [-0.05, 0) is 25.0 Å². The van der Waals surface area contributed by atoms with Gasteiger partial charge in [-0.2, -0.15) is 0 Å². The number of hydrogen-bond donors (Lipinski definition) is 0. The van der Waals surface area contributed by atoms with E-state index in [-0.39, 0.29) is 5.91 Å². The molecule has 1 spiro atoms. The molecule has 0 aromatic carbocycles. The van der Waals surface area contributed by atoms with E-state index in [0.29, 0.717) is 11.8 Å². The SMILES string of the molecule is O=C(Cc1ccccn1)N1CCC2(CC1)COC2. The number of ether oxygens (including phenoxy) is 1. The van der Waals surface area contributed by atoms with Crippen LogP contribution in [0.5, 0.6) is 0 Å². The number of piperidine rings is 1. The van der Waals surface area contributed by atoms with Crippen LogP contribution in [0.3, 0.4) is 0 Å². The summed E-state index contributed by atoms with van der Waals surface area (Å²) < 4.78 is 5.29. The number of carbonyl (C=O) groups is 1. The highest BCUT2D eigenvalue weighted by molar-refractivity contribution is 5.78. The van der Waals surface area contributed by atoms with Gasteiger partial charge < -0.3 is 9.64 Å². The lowest BCUT2D eigenvalue weighted by molar-refractivity contribution is -0.152. The van der Waals surface area contributed by atoms with Crippen LogP contribution in [0, 0.1) is 5.41 Å². The zero-order valence-electron chi connectivity index (χ0n) is 10.5. The standard InChI is InChI=1S/C14H18N2O2/c17-13(9-12-3-1-2-6-15-12)16-7-4-14(5-8-16)10-18-11-14/h1-3,6H,4-5,7-11H2. The summed E-state index contributed by atoms with van der Waals surface area (Å²) in [6.07, 6.45) is 4.33. The minimum Gasteiger partial charge on any atom is -0.380 e. The molecule has 2 fully saturated rings. The fourth-order valence-electron chi connectivity index (χ4n) is 2.68. The Balaban J connectivity index is 1.54. The molecule has 0 aliphatic carbocycles. The second kappa shape index (κ2) is 4.69. The van der Waals surface area contributed by atoms with Crippen molar-refractivity contribution in [1.29, 1.82) is 0 Å². The number of carbonyl (C=O) groups excluding carboxylic acids is 1. The van der Waals surface area contributed by atoms with E-state index in [1.165, 1.54) is 0 Å². The molecule has 2 aliphatic rings. The summed E-state index contributed by atoms with van der Waals surface area (Å²) in [4.78, 5) is 18.3. The van der Waals surface area contributed by atoms with Crippen molar-refractivity contribution in [1.82, 2.24) is 9.88 Å². The first kappa shape index (κ1) is 11.7. The Morgan fingerprint density at radius 1 is 1.33 bits per heavy atom. The fourth-order valence-corrected chi connectivity index (χ4v) is 2.68. The monoisotopic (exact) mass is 246 g/mol. The van der Waals surface area contributed by atoms with Gasteiger partial charge in [0.1, 0.15) is 0 Å². The molecule has 0 unspecified atom stereocenters. The summed E-state index contributed by atoms with van der Waals surface area (Å²) in [5.41, 5.74) is 1.25. The van der Waals surface area contributed by atoms with Crippen molar-refractivity contribution >= 4 is 5.91 Å². The summed E-state index contributed by atoms with van der Waals surface area (Å²) in [5, 5.41) is 0. The molecule has 0 radical (unpaired) electrons. The Bertz CT molecular complexity index is 419. The first-order chi connectivity index (χ1) is 8.77. The molecule has 1 amide bonds. The first-order valence-electron chi connectivity index (χ1n) is 6.53. The molecule has 1 aromatic heterocycles. The van der Waals surface area contributed by atoms with Crippen LogP contribution in [0.4, 0.5) is 0 Å². The lowest BCUT2D eigenvalue weighted by Crippen LogP contribution is -2.52. The highest BCUT2D eigenvalue weighted by Crippen LogP contribution is 2.38. The zero-order valence-corrected chi connectivity index (χ0v) is 10.5. The van der Waals surface area contributed by atoms with E-state index in [0.717, 1.165) is 44.8 Å². The van der Waals surface area contributed by atoms with Gasteiger partial charge in [-0.25, -0.2) is 0 Å². The maximum Gasteiger partial charge on any atom is 0.228 e. The molecule has 96 valence electrons. The van der Waals surface area contributed by atoms with Crippen molar-refractivity contribution in [3.63, 3.8) is 0 Å². The summed E-state index contributed by atoms with van der Waals surface area (Å²) in [6.45, 7) is 3.51. The minimum atomic E-state index is 0.198. The first-order valence-corrected chi connectivity index (χ1v) is 6.53. The number of nitrogens with zero attached hydrogens (tertiary/aromatic N) is 2. The molecular formula is C14H18N2O2. The second-order valence-corrected chi connectivity index (χ2v) is 5.37. The molecule has 4 heteroatoms. The van der Waals surface area contributed by atoms with Gasteiger partial charge in [0.15, 0.2) is 0 Å². The van der Waals surface area contributed by atoms with E-state index in [1.54, 1.807) is 6.20 Å². The summed E-state index contributed by atoms with van der Waals surface area (Å²) in [5.74, 6) is 0.198. The Morgan fingerprint density at radius 2 is 2.11 bits per heavy atom. The van der Waals surface area contributed by atoms with Crippen LogP contribution in [0.2, 0.25) is 0 Å². The van der Waals surface area contributed by atoms with E-state index in [2.05, 4.69) is 4.98 Å². The van der Waals surface area contributed by atoms with Crippen LogP contribution in [0.1, 0.15) is 18.5 Å². The van der Waals surface area contributed by atoms with Crippen LogP contribution in [0.15, 0.2) is 24.4 Å². The maximum absolute atomic E-state index is 12.1. The van der Waals surface area contributed by atoms with E-state index in [4.69, 9.17) is 4.74 Å². The molecule has 18 heavy (non-hydrogen) atoms. The smallest absolute Gasteiger partial charge is 0.228 e. The van der Waals surface area contributed by atoms with Crippen molar-refractivity contribution in [2.45, 2.75) is 19.3 Å². The molecule has 0 atom stereocenters. The third-order valence-electron chi connectivity index (χ3n) is 4.05. The van der Waals surface area contributed by atoms with Gasteiger partial charge in [-0.15, -0.1) is 0 Å². The third kappa shape index (κ3) is 2.25. The summed E-state index contributed by atoms with van der Waals surface area (Å²) in [6, 6.07) is 5.70. The quantitative estimate of drug-likeness (QED) is 0.789. The van der Waals surface area contributed by atoms with E-state index < -0.39 is 0 Å². The van der Waals surface area contributed by atoms with Gasteiger partial charge in [0, 0.05) is 30.4 Å². The third-order valence-corrected chi connectivity index (χ3v) is 4.05. The Kier molecular flexibility index (Phi) is 3.04. The molecule has 1 aromatic rings. The van der Waals surface area contributed by atoms with Crippen molar-refractivity contribution in [2.24, 2.45) is 5.41 Å². The van der Waals surface area contributed by atoms with Gasteiger partial charge in [0.2, 0.25) is 5.91 Å². The fraction of sp³-hybridized carbons (Fsp3) is 0.571. The number of pyridine rings is 1. The molecule has 2 aliphatic heterocycles. The van der Waals surface area contributed by atoms with Crippen molar-refractivity contribution in [2.75, 3.05) is 26.3 Å². The van der Waals surface area contributed by atoms with E-state index >= 15 is 0 Å². The topological polar surface area (TPSA) is 42.4 Å². The van der Waals surface area contributed by atoms with Crippen LogP contribution in [-0.4, -0.2) is 42.1 Å². The van der Waals surface area contributed by atoms with E-state index in [9.17, 15) is 4.79 Å². The lowest BCUT2D eigenvalue weighted by Gasteiger charge is -2.47. The predicted molar refractivity (Wildman–Crippen MR) is 67.0 cm³/mol. The Morgan fingerprint density at radius 3 is 2.67 bits per heavy atom. The zero-order chi connectivity index (χ0) is 12.4. The number of hydrogen-bond acceptors (Lipinski definition) is 3. The van der Waals surface area contributed by atoms with E-state index in [1.807, 2.05) is 23.1 Å². The van der Waals surface area contributed by atoms with Gasteiger partial charge >= 0.3 is 0 Å². The largest absolute Gasteiger partial charge is 0.380 e. The van der Waals surface area contributed by atoms with Crippen LogP contribution in [-0.2, 0) is 16.0 Å². The maximum atomic E-state index is 12.1. The summed E-state index contributed by atoms with van der Waals surface area (Å²) in [7, 11) is 0. The Labute approximate surface area is 107 Å². The van der Waals surface area contributed by atoms with Crippen LogP contribution < -0.4 is 0 Å². The van der Waals surface area contributed by atoms with Crippen molar-refractivity contribution < 1.29 is 9.53 Å². The molecule has 3 heterocycles. The number of amides is 1. The molecule has 4 nitrogen and oxygen atoms in total. The number of likely N-dealkylation sites (tertiary alicyclic amines) is 1. The predicted octanol–water partition coefficient (Wildman–Crippen LogP) is 1.26. The summed E-state index contributed by atoms with van der Waals surface area (Å²) >= 11 is 0. The van der Waals surface area contributed by atoms with Crippen molar-refractivity contribution in [3.05, 3.63) is 30.1 Å². The average molecular weight is 246 g/mol. The van der Waals surface area contributed by atoms with Crippen molar-refractivity contribution in [3.8, 4) is 0 Å². The van der Waals surface area contributed by atoms with Gasteiger partial charge in [-0.3, -0.25) is 9.78 Å². The number of rotatable bonds is 2. The Hall–Kier alpha value is -1.42. The normalized spacial score (nSPS) is 21.7. The lowest BCUT2D eigenvalue weighted by atomic mass is 9.77. The molecule has 0 N–H and O–H groups in total. The van der Waals surface area contributed by atoms with Crippen LogP contribution in [0.25, 0.3) is 0 Å². The van der Waals surface area contributed by atoms with Crippen LogP contribution >= 0.6 is 0 Å². The number of aromatic nitrogens is 1. The molecule has 3 rings (SSSR count). The van der Waals surface area contributed by atoms with Gasteiger partial charge in [0.25, 0.3) is 0 Å². The second-order valence-electron chi connectivity index (χ2n) is 5.37. The van der Waals surface area contributed by atoms with Gasteiger partial charge in [-0.1, -0.05) is 6.07 Å². The molecular weight excluding hydrogens is 228 g/mol. The minimum absolute atomic E-state index is 0.198. The molecule has 0 saturated carbocycles. The highest BCUT2D eigenvalue weighted by atomic mass is 16.5. The average Bonchev–Trinajstić information content (AvgIpc) is 2.38. The molecule has 0 bridgehead atoms. The van der Waals surface area contributed by atoms with Gasteiger partial charge in [0.05, 0.1) is 19.6 Å². The molecule has 2 saturated heterocycles.